The molecule has 0 aliphatic heterocycles. The Morgan fingerprint density at radius 1 is 1.38 bits per heavy atom. The molecule has 0 saturated heterocycles. The molecule has 3 heteroatoms. The molecule has 1 fully saturated rings. The molecule has 0 aromatic heterocycles. The van der Waals surface area contributed by atoms with Crippen molar-refractivity contribution in [2.24, 2.45) is 17.3 Å². The van der Waals surface area contributed by atoms with Gasteiger partial charge in [0.2, 0.25) is 0 Å². The first-order valence-electron chi connectivity index (χ1n) is 7.84. The lowest BCUT2D eigenvalue weighted by Gasteiger charge is -2.36. The monoisotopic (exact) mass is 349 g/mol. The first kappa shape index (κ1) is 16.4. The van der Waals surface area contributed by atoms with E-state index in [0.29, 0.717) is 6.61 Å². The summed E-state index contributed by atoms with van der Waals surface area (Å²) in [7, 11) is 0. The van der Waals surface area contributed by atoms with Gasteiger partial charge in [-0.25, -0.2) is 0 Å². The van der Waals surface area contributed by atoms with Gasteiger partial charge in [0, 0.05) is 10.9 Å². The smallest absolute Gasteiger partial charge is 0.120 e. The Hall–Kier alpha value is -1.01. The number of nitriles is 1. The zero-order chi connectivity index (χ0) is 15.3. The highest BCUT2D eigenvalue weighted by Gasteiger charge is 2.36. The Labute approximate surface area is 136 Å². The van der Waals surface area contributed by atoms with Gasteiger partial charge in [-0.2, -0.15) is 5.26 Å². The predicted octanol–water partition coefficient (Wildman–Crippen LogP) is 5.57. The van der Waals surface area contributed by atoms with Crippen LogP contribution >= 0.6 is 15.9 Å². The summed E-state index contributed by atoms with van der Waals surface area (Å²) in [4.78, 5) is 0. The van der Waals surface area contributed by atoms with Gasteiger partial charge in [-0.1, -0.05) is 35.8 Å². The summed E-state index contributed by atoms with van der Waals surface area (Å²) >= 11 is 3.44. The van der Waals surface area contributed by atoms with E-state index in [4.69, 9.17) is 4.74 Å². The third-order valence-electron chi connectivity index (χ3n) is 4.81. The van der Waals surface area contributed by atoms with E-state index in [1.807, 2.05) is 24.3 Å². The predicted molar refractivity (Wildman–Crippen MR) is 89.1 cm³/mol. The molecule has 0 N–H and O–H groups in total. The maximum atomic E-state index is 9.59. The number of hydrogen-bond acceptors (Lipinski definition) is 2. The minimum absolute atomic E-state index is 0.169. The summed E-state index contributed by atoms with van der Waals surface area (Å²) in [5, 5.41) is 9.59. The van der Waals surface area contributed by atoms with E-state index in [-0.39, 0.29) is 5.41 Å². The average Bonchev–Trinajstić information content (AvgIpc) is 2.48. The van der Waals surface area contributed by atoms with Gasteiger partial charge in [0.1, 0.15) is 5.75 Å². The summed E-state index contributed by atoms with van der Waals surface area (Å²) in [5.74, 6) is 2.39. The second-order valence-electron chi connectivity index (χ2n) is 6.53. The summed E-state index contributed by atoms with van der Waals surface area (Å²) in [6, 6.07) is 10.5. The number of rotatable bonds is 5. The molecule has 1 aliphatic rings. The highest BCUT2D eigenvalue weighted by molar-refractivity contribution is 9.10. The third-order valence-corrected chi connectivity index (χ3v) is 5.31. The molecule has 0 bridgehead atoms. The van der Waals surface area contributed by atoms with Crippen LogP contribution in [-0.2, 0) is 0 Å². The van der Waals surface area contributed by atoms with Gasteiger partial charge in [-0.15, -0.1) is 0 Å². The zero-order valence-electron chi connectivity index (χ0n) is 12.9. The minimum atomic E-state index is -0.169. The molecular weight excluding hydrogens is 326 g/mol. The van der Waals surface area contributed by atoms with Crippen LogP contribution in [0.4, 0.5) is 0 Å². The minimum Gasteiger partial charge on any atom is -0.493 e. The van der Waals surface area contributed by atoms with Gasteiger partial charge in [-0.05, 0) is 55.7 Å². The molecule has 2 nitrogen and oxygen atoms in total. The van der Waals surface area contributed by atoms with E-state index in [0.717, 1.165) is 41.3 Å². The van der Waals surface area contributed by atoms with Gasteiger partial charge < -0.3 is 4.74 Å². The van der Waals surface area contributed by atoms with Crippen LogP contribution in [0.2, 0.25) is 0 Å². The molecule has 1 aromatic rings. The second-order valence-corrected chi connectivity index (χ2v) is 7.45. The van der Waals surface area contributed by atoms with E-state index >= 15 is 0 Å². The first-order chi connectivity index (χ1) is 10.0. The molecule has 1 aliphatic carbocycles. The SMILES string of the molecule is CC(C)C1CCC(C#N)(CCOc2cccc(Br)c2)CC1. The van der Waals surface area contributed by atoms with Crippen molar-refractivity contribution >= 4 is 15.9 Å². The molecule has 0 amide bonds. The van der Waals surface area contributed by atoms with Crippen molar-refractivity contribution < 1.29 is 4.74 Å². The molecule has 1 aromatic carbocycles. The van der Waals surface area contributed by atoms with Crippen LogP contribution < -0.4 is 4.74 Å². The average molecular weight is 350 g/mol. The maximum absolute atomic E-state index is 9.59. The van der Waals surface area contributed by atoms with Crippen LogP contribution in [0.1, 0.15) is 46.0 Å². The van der Waals surface area contributed by atoms with Crippen molar-refractivity contribution in [3.8, 4) is 11.8 Å². The summed E-state index contributed by atoms with van der Waals surface area (Å²) < 4.78 is 6.83. The van der Waals surface area contributed by atoms with E-state index < -0.39 is 0 Å². The van der Waals surface area contributed by atoms with Crippen molar-refractivity contribution in [2.75, 3.05) is 6.61 Å². The molecule has 1 saturated carbocycles. The second kappa shape index (κ2) is 7.31. The normalized spacial score (nSPS) is 25.6. The highest BCUT2D eigenvalue weighted by Crippen LogP contribution is 2.43. The largest absolute Gasteiger partial charge is 0.493 e. The van der Waals surface area contributed by atoms with Crippen LogP contribution in [0.15, 0.2) is 28.7 Å². The van der Waals surface area contributed by atoms with Gasteiger partial charge in [-0.3, -0.25) is 0 Å². The fourth-order valence-corrected chi connectivity index (χ4v) is 3.58. The van der Waals surface area contributed by atoms with Crippen molar-refractivity contribution in [1.29, 1.82) is 5.26 Å². The molecule has 114 valence electrons. The highest BCUT2D eigenvalue weighted by atomic mass is 79.9. The Bertz CT molecular complexity index is 498. The van der Waals surface area contributed by atoms with Crippen LogP contribution in [0.5, 0.6) is 5.75 Å². The Kier molecular flexibility index (Phi) is 5.70. The molecule has 0 unspecified atom stereocenters. The molecule has 2 rings (SSSR count). The summed E-state index contributed by atoms with van der Waals surface area (Å²) in [6.07, 6.45) is 5.24. The van der Waals surface area contributed by atoms with Gasteiger partial charge in [0.15, 0.2) is 0 Å². The van der Waals surface area contributed by atoms with Gasteiger partial charge in [0.05, 0.1) is 18.1 Å². The summed E-state index contributed by atoms with van der Waals surface area (Å²) in [6.45, 7) is 5.21. The lowest BCUT2D eigenvalue weighted by atomic mass is 9.67. The van der Waals surface area contributed by atoms with Crippen LogP contribution in [0.25, 0.3) is 0 Å². The zero-order valence-corrected chi connectivity index (χ0v) is 14.5. The summed E-state index contributed by atoms with van der Waals surface area (Å²) in [5.41, 5.74) is -0.169. The molecule has 0 radical (unpaired) electrons. The number of halogens is 1. The Balaban J connectivity index is 1.85. The molecule has 0 heterocycles. The van der Waals surface area contributed by atoms with E-state index in [9.17, 15) is 5.26 Å². The number of ether oxygens (including phenoxy) is 1. The third kappa shape index (κ3) is 4.48. The standard InChI is InChI=1S/C18H24BrNO/c1-14(2)15-6-8-18(13-20,9-7-15)10-11-21-17-5-3-4-16(19)12-17/h3-5,12,14-15H,6-11H2,1-2H3. The fourth-order valence-electron chi connectivity index (χ4n) is 3.20. The fraction of sp³-hybridized carbons (Fsp3) is 0.611. The Morgan fingerprint density at radius 2 is 2.10 bits per heavy atom. The lowest BCUT2D eigenvalue weighted by Crippen LogP contribution is -2.29. The van der Waals surface area contributed by atoms with Crippen LogP contribution in [0.3, 0.4) is 0 Å². The lowest BCUT2D eigenvalue weighted by molar-refractivity contribution is 0.143. The van der Waals surface area contributed by atoms with E-state index in [1.54, 1.807) is 0 Å². The molecular formula is C18H24BrNO. The number of benzene rings is 1. The quantitative estimate of drug-likeness (QED) is 0.695. The van der Waals surface area contributed by atoms with Crippen molar-refractivity contribution in [3.63, 3.8) is 0 Å². The van der Waals surface area contributed by atoms with Crippen LogP contribution in [-0.4, -0.2) is 6.61 Å². The molecule has 21 heavy (non-hydrogen) atoms. The van der Waals surface area contributed by atoms with Crippen molar-refractivity contribution in [3.05, 3.63) is 28.7 Å². The van der Waals surface area contributed by atoms with Crippen LogP contribution in [0, 0.1) is 28.6 Å². The van der Waals surface area contributed by atoms with Gasteiger partial charge >= 0.3 is 0 Å². The van der Waals surface area contributed by atoms with E-state index in [1.165, 1.54) is 12.8 Å². The van der Waals surface area contributed by atoms with E-state index in [2.05, 4.69) is 35.8 Å². The number of hydrogen-bond donors (Lipinski definition) is 0. The number of nitrogens with zero attached hydrogens (tertiary/aromatic N) is 1. The Morgan fingerprint density at radius 3 is 2.67 bits per heavy atom. The molecule has 0 spiro atoms. The maximum Gasteiger partial charge on any atom is 0.120 e. The molecule has 0 atom stereocenters. The van der Waals surface area contributed by atoms with Crippen molar-refractivity contribution in [2.45, 2.75) is 46.0 Å². The van der Waals surface area contributed by atoms with Gasteiger partial charge in [0.25, 0.3) is 0 Å². The van der Waals surface area contributed by atoms with Crippen molar-refractivity contribution in [1.82, 2.24) is 0 Å². The topological polar surface area (TPSA) is 33.0 Å². The first-order valence-corrected chi connectivity index (χ1v) is 8.63.